The van der Waals surface area contributed by atoms with Gasteiger partial charge in [0.25, 0.3) is 5.91 Å². The van der Waals surface area contributed by atoms with Crippen LogP contribution in [0.2, 0.25) is 0 Å². The maximum absolute atomic E-state index is 13.5. The molecule has 0 aliphatic heterocycles. The van der Waals surface area contributed by atoms with Gasteiger partial charge in [-0.1, -0.05) is 12.1 Å². The van der Waals surface area contributed by atoms with Crippen LogP contribution in [0, 0.1) is 0 Å². The Morgan fingerprint density at radius 2 is 1.87 bits per heavy atom. The molecule has 0 aliphatic carbocycles. The molecule has 2 aromatic carbocycles. The number of furan rings is 1. The first-order valence-corrected chi connectivity index (χ1v) is 8.94. The molecule has 0 bridgehead atoms. The van der Waals surface area contributed by atoms with E-state index in [-0.39, 0.29) is 11.3 Å². The summed E-state index contributed by atoms with van der Waals surface area (Å²) >= 11 is 0. The standard InChI is InChI=1S/C22H17F3N2O4/c1-30-17-4-2-3-14(11-17)5-8-20(28)27-19-7-6-16(12-18(19)22(23,24)25)26-21(29)15-9-10-31-13-15/h2-13H,1H3,(H,26,29)(H,27,28)/b8-5+. The average molecular weight is 430 g/mol. The van der Waals surface area contributed by atoms with Crippen LogP contribution in [0.3, 0.4) is 0 Å². The van der Waals surface area contributed by atoms with Crippen molar-refractivity contribution >= 4 is 29.3 Å². The van der Waals surface area contributed by atoms with Crippen molar-refractivity contribution in [2.45, 2.75) is 6.18 Å². The lowest BCUT2D eigenvalue weighted by Crippen LogP contribution is -2.16. The molecule has 0 saturated heterocycles. The van der Waals surface area contributed by atoms with E-state index < -0.39 is 29.2 Å². The second-order valence-corrected chi connectivity index (χ2v) is 6.32. The van der Waals surface area contributed by atoms with Gasteiger partial charge in [-0.2, -0.15) is 13.2 Å². The maximum Gasteiger partial charge on any atom is 0.418 e. The Labute approximate surface area is 175 Å². The molecule has 0 saturated carbocycles. The highest BCUT2D eigenvalue weighted by Crippen LogP contribution is 2.36. The molecule has 0 radical (unpaired) electrons. The Morgan fingerprint density at radius 1 is 1.06 bits per heavy atom. The predicted octanol–water partition coefficient (Wildman–Crippen LogP) is 5.21. The number of anilines is 2. The Kier molecular flexibility index (Phi) is 6.44. The van der Waals surface area contributed by atoms with Gasteiger partial charge in [0.15, 0.2) is 0 Å². The molecule has 2 N–H and O–H groups in total. The summed E-state index contributed by atoms with van der Waals surface area (Å²) in [7, 11) is 1.50. The zero-order valence-corrected chi connectivity index (χ0v) is 16.2. The lowest BCUT2D eigenvalue weighted by molar-refractivity contribution is -0.136. The highest BCUT2D eigenvalue weighted by molar-refractivity contribution is 6.05. The van der Waals surface area contributed by atoms with Crippen molar-refractivity contribution in [2.75, 3.05) is 17.7 Å². The topological polar surface area (TPSA) is 80.6 Å². The van der Waals surface area contributed by atoms with Gasteiger partial charge >= 0.3 is 6.18 Å². The molecule has 0 unspecified atom stereocenters. The highest BCUT2D eigenvalue weighted by atomic mass is 19.4. The minimum absolute atomic E-state index is 0.0801. The van der Waals surface area contributed by atoms with E-state index in [0.29, 0.717) is 11.3 Å². The van der Waals surface area contributed by atoms with Crippen molar-refractivity contribution in [3.8, 4) is 5.75 Å². The molecule has 0 spiro atoms. The van der Waals surface area contributed by atoms with Gasteiger partial charge in [0, 0.05) is 11.8 Å². The minimum atomic E-state index is -4.75. The molecule has 9 heteroatoms. The van der Waals surface area contributed by atoms with Crippen LogP contribution in [0.25, 0.3) is 6.08 Å². The third kappa shape index (κ3) is 5.75. The lowest BCUT2D eigenvalue weighted by atomic mass is 10.1. The van der Waals surface area contributed by atoms with Gasteiger partial charge in [-0.15, -0.1) is 0 Å². The molecule has 1 aromatic heterocycles. The van der Waals surface area contributed by atoms with Crippen molar-refractivity contribution in [3.63, 3.8) is 0 Å². The van der Waals surface area contributed by atoms with Crippen molar-refractivity contribution in [1.29, 1.82) is 0 Å². The van der Waals surface area contributed by atoms with Gasteiger partial charge < -0.3 is 19.8 Å². The molecular formula is C22H17F3N2O4. The Hall–Kier alpha value is -4.01. The number of benzene rings is 2. The first-order chi connectivity index (χ1) is 14.8. The van der Waals surface area contributed by atoms with Crippen LogP contribution in [0.15, 0.2) is 71.6 Å². The molecule has 3 aromatic rings. The van der Waals surface area contributed by atoms with E-state index in [2.05, 4.69) is 10.6 Å². The number of nitrogens with one attached hydrogen (secondary N) is 2. The van der Waals surface area contributed by atoms with Gasteiger partial charge in [-0.05, 0) is 48.0 Å². The molecule has 160 valence electrons. The number of rotatable bonds is 6. The summed E-state index contributed by atoms with van der Waals surface area (Å²) in [4.78, 5) is 24.2. The van der Waals surface area contributed by atoms with Gasteiger partial charge in [0.2, 0.25) is 5.91 Å². The van der Waals surface area contributed by atoms with E-state index in [1.54, 1.807) is 24.3 Å². The number of hydrogen-bond donors (Lipinski definition) is 2. The number of halogens is 3. The maximum atomic E-state index is 13.5. The summed E-state index contributed by atoms with van der Waals surface area (Å²) in [5.74, 6) is -0.793. The van der Waals surface area contributed by atoms with Crippen LogP contribution < -0.4 is 15.4 Å². The second kappa shape index (κ2) is 9.21. The fourth-order valence-corrected chi connectivity index (χ4v) is 2.65. The first kappa shape index (κ1) is 21.7. The summed E-state index contributed by atoms with van der Waals surface area (Å²) in [6, 6.07) is 11.3. The van der Waals surface area contributed by atoms with E-state index in [0.717, 1.165) is 18.2 Å². The van der Waals surface area contributed by atoms with Gasteiger partial charge in [0.05, 0.1) is 30.2 Å². The molecule has 0 fully saturated rings. The van der Waals surface area contributed by atoms with E-state index >= 15 is 0 Å². The van der Waals surface area contributed by atoms with Crippen molar-refractivity contribution in [1.82, 2.24) is 0 Å². The van der Waals surface area contributed by atoms with Crippen LogP contribution in [0.4, 0.5) is 24.5 Å². The number of alkyl halides is 3. The van der Waals surface area contributed by atoms with Crippen molar-refractivity contribution < 1.29 is 31.9 Å². The number of carbonyl (C=O) groups excluding carboxylic acids is 2. The number of ether oxygens (including phenoxy) is 1. The normalized spacial score (nSPS) is 11.4. The number of amides is 2. The third-order valence-electron chi connectivity index (χ3n) is 4.15. The molecule has 3 rings (SSSR count). The van der Waals surface area contributed by atoms with Crippen LogP contribution in [0.5, 0.6) is 5.75 Å². The zero-order chi connectivity index (χ0) is 22.4. The highest BCUT2D eigenvalue weighted by Gasteiger charge is 2.34. The van der Waals surface area contributed by atoms with E-state index in [4.69, 9.17) is 9.15 Å². The predicted molar refractivity (Wildman–Crippen MR) is 109 cm³/mol. The summed E-state index contributed by atoms with van der Waals surface area (Å²) in [6.07, 6.45) is 0.251. The summed E-state index contributed by atoms with van der Waals surface area (Å²) < 4.78 is 50.4. The zero-order valence-electron chi connectivity index (χ0n) is 16.2. The smallest absolute Gasteiger partial charge is 0.418 e. The number of methoxy groups -OCH3 is 1. The fraction of sp³-hybridized carbons (Fsp3) is 0.0909. The first-order valence-electron chi connectivity index (χ1n) is 8.94. The lowest BCUT2D eigenvalue weighted by Gasteiger charge is -2.15. The fourth-order valence-electron chi connectivity index (χ4n) is 2.65. The van der Waals surface area contributed by atoms with E-state index in [1.807, 2.05) is 0 Å². The quantitative estimate of drug-likeness (QED) is 0.526. The van der Waals surface area contributed by atoms with Gasteiger partial charge in [-0.3, -0.25) is 9.59 Å². The average Bonchev–Trinajstić information content (AvgIpc) is 3.28. The molecule has 1 heterocycles. The Morgan fingerprint density at radius 3 is 2.55 bits per heavy atom. The molecular weight excluding hydrogens is 413 g/mol. The van der Waals surface area contributed by atoms with Gasteiger partial charge in [0.1, 0.15) is 12.0 Å². The second-order valence-electron chi connectivity index (χ2n) is 6.32. The minimum Gasteiger partial charge on any atom is -0.497 e. The van der Waals surface area contributed by atoms with Crippen molar-refractivity contribution in [2.24, 2.45) is 0 Å². The number of carbonyl (C=O) groups is 2. The van der Waals surface area contributed by atoms with Crippen LogP contribution in [0.1, 0.15) is 21.5 Å². The third-order valence-corrected chi connectivity index (χ3v) is 4.15. The summed E-state index contributed by atoms with van der Waals surface area (Å²) in [5.41, 5.74) is -0.811. The molecule has 0 atom stereocenters. The monoisotopic (exact) mass is 430 g/mol. The van der Waals surface area contributed by atoms with Crippen molar-refractivity contribution in [3.05, 3.63) is 83.8 Å². The number of hydrogen-bond acceptors (Lipinski definition) is 4. The van der Waals surface area contributed by atoms with Crippen LogP contribution in [-0.4, -0.2) is 18.9 Å². The molecule has 0 aliphatic rings. The molecule has 2 amide bonds. The summed E-state index contributed by atoms with van der Waals surface area (Å²) in [6.45, 7) is 0. The van der Waals surface area contributed by atoms with Crippen LogP contribution in [-0.2, 0) is 11.0 Å². The van der Waals surface area contributed by atoms with Gasteiger partial charge in [-0.25, -0.2) is 0 Å². The largest absolute Gasteiger partial charge is 0.497 e. The molecule has 6 nitrogen and oxygen atoms in total. The summed E-state index contributed by atoms with van der Waals surface area (Å²) in [5, 5.41) is 4.58. The SMILES string of the molecule is COc1cccc(/C=C/C(=O)Nc2ccc(NC(=O)c3ccoc3)cc2C(F)(F)F)c1. The Balaban J connectivity index is 1.77. The Bertz CT molecular complexity index is 1110. The van der Waals surface area contributed by atoms with E-state index in [9.17, 15) is 22.8 Å². The van der Waals surface area contributed by atoms with E-state index in [1.165, 1.54) is 37.8 Å². The molecule has 31 heavy (non-hydrogen) atoms. The van der Waals surface area contributed by atoms with Crippen LogP contribution >= 0.6 is 0 Å².